The fourth-order valence-electron chi connectivity index (χ4n) is 3.64. The first-order valence-corrected chi connectivity index (χ1v) is 9.31. The summed E-state index contributed by atoms with van der Waals surface area (Å²) < 4.78 is 5.32. The highest BCUT2D eigenvalue weighted by Crippen LogP contribution is 2.41. The van der Waals surface area contributed by atoms with Crippen molar-refractivity contribution in [1.82, 2.24) is 4.90 Å². The van der Waals surface area contributed by atoms with Crippen LogP contribution in [0.25, 0.3) is 6.08 Å². The fraction of sp³-hybridized carbons (Fsp3) is 0.333. The summed E-state index contributed by atoms with van der Waals surface area (Å²) in [7, 11) is 5.74. The highest BCUT2D eigenvalue weighted by molar-refractivity contribution is 5.60. The van der Waals surface area contributed by atoms with E-state index in [-0.39, 0.29) is 5.92 Å². The Morgan fingerprint density at radius 1 is 1.19 bits per heavy atom. The lowest BCUT2D eigenvalue weighted by atomic mass is 9.87. The molecule has 0 saturated heterocycles. The van der Waals surface area contributed by atoms with Gasteiger partial charge in [-0.15, -0.1) is 0 Å². The van der Waals surface area contributed by atoms with Crippen LogP contribution >= 0.6 is 0 Å². The van der Waals surface area contributed by atoms with Crippen molar-refractivity contribution in [2.45, 2.75) is 18.4 Å². The Hall–Kier alpha value is -2.54. The molecule has 1 aliphatic carbocycles. The third kappa shape index (κ3) is 4.60. The highest BCUT2D eigenvalue weighted by atomic mass is 16.5. The Labute approximate surface area is 162 Å². The number of hydrogen-bond acceptors (Lipinski definition) is 3. The molecule has 0 amide bonds. The molecule has 1 saturated carbocycles. The monoisotopic (exact) mass is 361 g/mol. The molecule has 3 rings (SSSR count). The number of hydrogen-bond donors (Lipinski definition) is 1. The zero-order chi connectivity index (χ0) is 19.3. The first kappa shape index (κ1) is 19.2. The van der Waals surface area contributed by atoms with E-state index >= 15 is 0 Å². The van der Waals surface area contributed by atoms with Crippen LogP contribution in [0.15, 0.2) is 60.2 Å². The van der Waals surface area contributed by atoms with Crippen LogP contribution < -0.4 is 4.74 Å². The predicted molar refractivity (Wildman–Crippen MR) is 111 cm³/mol. The van der Waals surface area contributed by atoms with Crippen LogP contribution in [-0.4, -0.2) is 43.4 Å². The third-order valence-corrected chi connectivity index (χ3v) is 5.03. The maximum Gasteiger partial charge on any atom is 0.151 e. The SMILES string of the molecule is COc1cccc(C=C2CCC(CN(C)C)C2(O)C#Cc2ccccc2)c1. The average Bonchev–Trinajstić information content (AvgIpc) is 2.97. The number of ether oxygens (including phenoxy) is 1. The molecular formula is C24H27NO2. The smallest absolute Gasteiger partial charge is 0.151 e. The molecule has 0 heterocycles. The summed E-state index contributed by atoms with van der Waals surface area (Å²) in [6.45, 7) is 0.801. The number of rotatable bonds is 4. The maximum absolute atomic E-state index is 11.6. The summed E-state index contributed by atoms with van der Waals surface area (Å²) in [5.74, 6) is 7.29. The minimum absolute atomic E-state index is 0.0839. The Morgan fingerprint density at radius 3 is 2.67 bits per heavy atom. The fourth-order valence-corrected chi connectivity index (χ4v) is 3.64. The van der Waals surface area contributed by atoms with E-state index < -0.39 is 5.60 Å². The molecule has 27 heavy (non-hydrogen) atoms. The Morgan fingerprint density at radius 2 is 1.96 bits per heavy atom. The van der Waals surface area contributed by atoms with Gasteiger partial charge in [0.2, 0.25) is 0 Å². The number of benzene rings is 2. The van der Waals surface area contributed by atoms with Gasteiger partial charge in [0.25, 0.3) is 0 Å². The van der Waals surface area contributed by atoms with Crippen LogP contribution in [0.3, 0.4) is 0 Å². The zero-order valence-corrected chi connectivity index (χ0v) is 16.3. The largest absolute Gasteiger partial charge is 0.497 e. The number of methoxy groups -OCH3 is 1. The molecule has 0 spiro atoms. The molecule has 3 heteroatoms. The van der Waals surface area contributed by atoms with Gasteiger partial charge in [-0.3, -0.25) is 0 Å². The Bertz CT molecular complexity index is 861. The second-order valence-corrected chi connectivity index (χ2v) is 7.33. The molecule has 1 aliphatic rings. The Balaban J connectivity index is 1.99. The van der Waals surface area contributed by atoms with E-state index in [0.29, 0.717) is 0 Å². The van der Waals surface area contributed by atoms with Crippen LogP contribution in [0, 0.1) is 17.8 Å². The molecule has 140 valence electrons. The quantitative estimate of drug-likeness (QED) is 0.840. The number of aliphatic hydroxyl groups is 1. The van der Waals surface area contributed by atoms with Crippen molar-refractivity contribution in [3.63, 3.8) is 0 Å². The van der Waals surface area contributed by atoms with Gasteiger partial charge in [-0.2, -0.15) is 0 Å². The van der Waals surface area contributed by atoms with E-state index in [2.05, 4.69) is 22.8 Å². The van der Waals surface area contributed by atoms with Gasteiger partial charge < -0.3 is 14.7 Å². The van der Waals surface area contributed by atoms with Crippen molar-refractivity contribution >= 4 is 6.08 Å². The van der Waals surface area contributed by atoms with Gasteiger partial charge in [0.1, 0.15) is 5.75 Å². The topological polar surface area (TPSA) is 32.7 Å². The van der Waals surface area contributed by atoms with Crippen LogP contribution in [0.2, 0.25) is 0 Å². The van der Waals surface area contributed by atoms with Crippen molar-refractivity contribution in [3.05, 3.63) is 71.3 Å². The summed E-state index contributed by atoms with van der Waals surface area (Å²) in [4.78, 5) is 2.12. The van der Waals surface area contributed by atoms with Crippen LogP contribution in [0.1, 0.15) is 24.0 Å². The minimum Gasteiger partial charge on any atom is -0.497 e. The van der Waals surface area contributed by atoms with Gasteiger partial charge >= 0.3 is 0 Å². The van der Waals surface area contributed by atoms with Crippen molar-refractivity contribution in [2.24, 2.45) is 5.92 Å². The normalized spacial score (nSPS) is 23.3. The molecule has 0 aliphatic heterocycles. The second-order valence-electron chi connectivity index (χ2n) is 7.33. The van der Waals surface area contributed by atoms with Crippen molar-refractivity contribution in [3.8, 4) is 17.6 Å². The molecule has 2 unspecified atom stereocenters. The van der Waals surface area contributed by atoms with Gasteiger partial charge in [0, 0.05) is 18.0 Å². The lowest BCUT2D eigenvalue weighted by molar-refractivity contribution is 0.0790. The highest BCUT2D eigenvalue weighted by Gasteiger charge is 2.44. The van der Waals surface area contributed by atoms with Crippen molar-refractivity contribution in [1.29, 1.82) is 0 Å². The standard InChI is InChI=1S/C24H27NO2/c1-25(2)18-22-13-12-21(16-20-10-7-11-23(17-20)27-3)24(22,26)15-14-19-8-5-4-6-9-19/h4-11,16-17,22,26H,12-13,18H2,1-3H3. The van der Waals surface area contributed by atoms with Gasteiger partial charge in [0.05, 0.1) is 7.11 Å². The average molecular weight is 361 g/mol. The van der Waals surface area contributed by atoms with Gasteiger partial charge in [-0.1, -0.05) is 48.2 Å². The maximum atomic E-state index is 11.6. The molecule has 1 N–H and O–H groups in total. The number of nitrogens with zero attached hydrogens (tertiary/aromatic N) is 1. The van der Waals surface area contributed by atoms with E-state index in [4.69, 9.17) is 4.74 Å². The summed E-state index contributed by atoms with van der Waals surface area (Å²) >= 11 is 0. The molecule has 0 aromatic heterocycles. The molecular weight excluding hydrogens is 334 g/mol. The minimum atomic E-state index is -1.12. The van der Waals surface area contributed by atoms with E-state index in [1.54, 1.807) is 7.11 Å². The van der Waals surface area contributed by atoms with Crippen LogP contribution in [0.4, 0.5) is 0 Å². The summed E-state index contributed by atoms with van der Waals surface area (Å²) in [5.41, 5.74) is 1.80. The zero-order valence-electron chi connectivity index (χ0n) is 16.3. The lowest BCUT2D eigenvalue weighted by Crippen LogP contribution is -2.39. The molecule has 2 aromatic carbocycles. The van der Waals surface area contributed by atoms with Crippen molar-refractivity contribution in [2.75, 3.05) is 27.7 Å². The molecule has 3 nitrogen and oxygen atoms in total. The lowest BCUT2D eigenvalue weighted by Gasteiger charge is -2.28. The van der Waals surface area contributed by atoms with E-state index in [1.807, 2.05) is 68.7 Å². The van der Waals surface area contributed by atoms with Crippen LogP contribution in [-0.2, 0) is 0 Å². The van der Waals surface area contributed by atoms with E-state index in [9.17, 15) is 5.11 Å². The predicted octanol–water partition coefficient (Wildman–Crippen LogP) is 3.83. The molecule has 0 bridgehead atoms. The first-order chi connectivity index (χ1) is 13.0. The second kappa shape index (κ2) is 8.43. The van der Waals surface area contributed by atoms with Gasteiger partial charge in [0.15, 0.2) is 5.60 Å². The van der Waals surface area contributed by atoms with Crippen LogP contribution in [0.5, 0.6) is 5.75 Å². The molecule has 0 radical (unpaired) electrons. The molecule has 1 fully saturated rings. The first-order valence-electron chi connectivity index (χ1n) is 9.31. The van der Waals surface area contributed by atoms with E-state index in [1.165, 1.54) is 0 Å². The summed E-state index contributed by atoms with van der Waals surface area (Å²) in [6.07, 6.45) is 3.83. The Kier molecular flexibility index (Phi) is 6.01. The third-order valence-electron chi connectivity index (χ3n) is 5.03. The summed E-state index contributed by atoms with van der Waals surface area (Å²) in [5, 5.41) is 11.6. The van der Waals surface area contributed by atoms with Crippen molar-refractivity contribution < 1.29 is 9.84 Å². The molecule has 2 atom stereocenters. The van der Waals surface area contributed by atoms with Gasteiger partial charge in [-0.05, 0) is 62.3 Å². The van der Waals surface area contributed by atoms with Gasteiger partial charge in [-0.25, -0.2) is 0 Å². The summed E-state index contributed by atoms with van der Waals surface area (Å²) in [6, 6.07) is 17.7. The van der Waals surface area contributed by atoms with E-state index in [0.717, 1.165) is 41.8 Å². The molecule has 2 aromatic rings.